The van der Waals surface area contributed by atoms with E-state index in [4.69, 9.17) is 4.74 Å². The van der Waals surface area contributed by atoms with Crippen LogP contribution in [-0.4, -0.2) is 47.4 Å². The molecule has 6 heteroatoms. The predicted molar refractivity (Wildman–Crippen MR) is 320 cm³/mol. The van der Waals surface area contributed by atoms with Crippen molar-refractivity contribution in [2.45, 2.75) is 392 Å². The summed E-state index contributed by atoms with van der Waals surface area (Å²) in [5.74, 6) is -0.0556. The lowest BCUT2D eigenvalue weighted by molar-refractivity contribution is -0.143. The van der Waals surface area contributed by atoms with Crippen LogP contribution in [0.4, 0.5) is 0 Å². The minimum atomic E-state index is -0.847. The lowest BCUT2D eigenvalue weighted by Gasteiger charge is -2.20. The van der Waals surface area contributed by atoms with Crippen molar-refractivity contribution in [3.63, 3.8) is 0 Å². The molecular formula is C67H131NO5. The van der Waals surface area contributed by atoms with Crippen molar-refractivity contribution in [3.8, 4) is 0 Å². The molecule has 73 heavy (non-hydrogen) atoms. The van der Waals surface area contributed by atoms with Crippen LogP contribution in [0.3, 0.4) is 0 Å². The molecule has 0 saturated carbocycles. The first-order chi connectivity index (χ1) is 36.0. The second-order valence-electron chi connectivity index (χ2n) is 23.2. The Morgan fingerprint density at radius 3 is 0.932 bits per heavy atom. The molecule has 0 radical (unpaired) electrons. The van der Waals surface area contributed by atoms with Crippen LogP contribution in [-0.2, 0) is 14.3 Å². The molecule has 3 N–H and O–H groups in total. The van der Waals surface area contributed by atoms with Gasteiger partial charge in [-0.25, -0.2) is 0 Å². The number of hydrogen-bond donors (Lipinski definition) is 3. The van der Waals surface area contributed by atoms with Crippen LogP contribution < -0.4 is 5.32 Å². The summed E-state index contributed by atoms with van der Waals surface area (Å²) < 4.78 is 5.51. The summed E-state index contributed by atoms with van der Waals surface area (Å²) in [6.45, 7) is 4.94. The molecule has 2 unspecified atom stereocenters. The molecule has 0 aromatic heterocycles. The van der Waals surface area contributed by atoms with Gasteiger partial charge in [-0.15, -0.1) is 0 Å². The smallest absolute Gasteiger partial charge is 0.305 e. The average Bonchev–Trinajstić information content (AvgIpc) is 3.39. The number of nitrogens with one attached hydrogen (secondary N) is 1. The summed E-state index contributed by atoms with van der Waals surface area (Å²) in [5, 5.41) is 23.2. The second-order valence-corrected chi connectivity index (χ2v) is 23.2. The lowest BCUT2D eigenvalue weighted by atomic mass is 10.0. The van der Waals surface area contributed by atoms with Gasteiger partial charge in [-0.1, -0.05) is 347 Å². The minimum Gasteiger partial charge on any atom is -0.466 e. The summed E-state index contributed by atoms with van der Waals surface area (Å²) in [5.41, 5.74) is 0. The number of aliphatic hydroxyl groups excluding tert-OH is 2. The fourth-order valence-corrected chi connectivity index (χ4v) is 10.7. The Labute approximate surface area is 457 Å². The first kappa shape index (κ1) is 71.6. The van der Waals surface area contributed by atoms with E-state index in [1.54, 1.807) is 6.08 Å². The van der Waals surface area contributed by atoms with Gasteiger partial charge in [-0.2, -0.15) is 0 Å². The van der Waals surface area contributed by atoms with Crippen molar-refractivity contribution >= 4 is 11.9 Å². The molecule has 434 valence electrons. The van der Waals surface area contributed by atoms with E-state index in [0.29, 0.717) is 19.4 Å². The van der Waals surface area contributed by atoms with E-state index in [0.717, 1.165) is 38.5 Å². The molecule has 0 aliphatic rings. The van der Waals surface area contributed by atoms with Gasteiger partial charge in [-0.3, -0.25) is 9.59 Å². The largest absolute Gasteiger partial charge is 0.466 e. The number of unbranched alkanes of at least 4 members (excludes halogenated alkanes) is 52. The zero-order valence-electron chi connectivity index (χ0n) is 49.6. The highest BCUT2D eigenvalue weighted by atomic mass is 16.5. The van der Waals surface area contributed by atoms with Crippen LogP contribution in [0, 0.1) is 0 Å². The van der Waals surface area contributed by atoms with Crippen LogP contribution in [0.15, 0.2) is 12.2 Å². The van der Waals surface area contributed by atoms with E-state index in [9.17, 15) is 19.8 Å². The molecule has 0 saturated heterocycles. The van der Waals surface area contributed by atoms with Gasteiger partial charge >= 0.3 is 5.97 Å². The zero-order chi connectivity index (χ0) is 52.9. The highest BCUT2D eigenvalue weighted by Gasteiger charge is 2.18. The fraction of sp³-hybridized carbons (Fsp3) is 0.940. The molecule has 1 amide bonds. The van der Waals surface area contributed by atoms with Crippen molar-refractivity contribution in [2.24, 2.45) is 0 Å². The molecule has 6 nitrogen and oxygen atoms in total. The molecule has 0 heterocycles. The molecule has 0 bridgehead atoms. The summed E-state index contributed by atoms with van der Waals surface area (Å²) in [6.07, 6.45) is 76.9. The topological polar surface area (TPSA) is 95.9 Å². The number of aliphatic hydroxyl groups is 2. The third kappa shape index (κ3) is 59.7. The van der Waals surface area contributed by atoms with Gasteiger partial charge in [0.15, 0.2) is 0 Å². The number of hydrogen-bond acceptors (Lipinski definition) is 5. The summed E-state index contributed by atoms with van der Waals surface area (Å²) in [7, 11) is 0. The van der Waals surface area contributed by atoms with Gasteiger partial charge in [0, 0.05) is 12.8 Å². The predicted octanol–water partition coefficient (Wildman–Crippen LogP) is 21.2. The minimum absolute atomic E-state index is 0.0124. The van der Waals surface area contributed by atoms with Crippen LogP contribution in [0.25, 0.3) is 0 Å². The number of carbonyl (C=O) groups is 2. The van der Waals surface area contributed by atoms with Crippen molar-refractivity contribution in [1.29, 1.82) is 0 Å². The van der Waals surface area contributed by atoms with E-state index < -0.39 is 12.1 Å². The number of esters is 1. The monoisotopic (exact) mass is 1030 g/mol. The van der Waals surface area contributed by atoms with E-state index in [1.807, 2.05) is 6.08 Å². The Kier molecular flexibility index (Phi) is 61.9. The number of amides is 1. The summed E-state index contributed by atoms with van der Waals surface area (Å²) in [6, 6.07) is -0.631. The van der Waals surface area contributed by atoms with Gasteiger partial charge in [0.1, 0.15) is 0 Å². The standard InChI is InChI=1S/C67H131NO5/c1-3-5-7-9-11-13-15-17-19-21-23-27-31-35-39-43-47-51-55-59-65(70)64(63-69)68-66(71)60-56-52-48-44-40-36-32-28-25-26-30-34-38-42-46-50-54-58-62-73-67(72)61-57-53-49-45-41-37-33-29-24-22-20-18-16-14-12-10-8-6-4-2/h55,59,64-65,69-70H,3-54,56-58,60-63H2,1-2H3,(H,68,71)/b59-55+. The quantitative estimate of drug-likeness (QED) is 0.0320. The SMILES string of the molecule is CCCCCCCCCCCCCCCCCCC/C=C/C(O)C(CO)NC(=O)CCCCCCCCCCCCCCCCCCCCOC(=O)CCCCCCCCCCCCCCCCCCCCC. The number of rotatable bonds is 63. The van der Waals surface area contributed by atoms with Crippen LogP contribution >= 0.6 is 0 Å². The Morgan fingerprint density at radius 1 is 0.370 bits per heavy atom. The van der Waals surface area contributed by atoms with Crippen molar-refractivity contribution in [1.82, 2.24) is 5.32 Å². The maximum atomic E-state index is 12.5. The molecule has 0 aromatic carbocycles. The molecule has 0 spiro atoms. The number of carbonyl (C=O) groups excluding carboxylic acids is 2. The van der Waals surface area contributed by atoms with Gasteiger partial charge in [0.05, 0.1) is 25.4 Å². The normalized spacial score (nSPS) is 12.5. The van der Waals surface area contributed by atoms with Crippen molar-refractivity contribution in [3.05, 3.63) is 12.2 Å². The van der Waals surface area contributed by atoms with Crippen molar-refractivity contribution in [2.75, 3.05) is 13.2 Å². The summed E-state index contributed by atoms with van der Waals surface area (Å²) in [4.78, 5) is 24.6. The molecule has 0 rings (SSSR count). The Balaban J connectivity index is 3.40. The molecule has 2 atom stereocenters. The van der Waals surface area contributed by atoms with E-state index >= 15 is 0 Å². The van der Waals surface area contributed by atoms with Crippen LogP contribution in [0.5, 0.6) is 0 Å². The van der Waals surface area contributed by atoms with E-state index in [-0.39, 0.29) is 18.5 Å². The molecular weight excluding hydrogens is 899 g/mol. The lowest BCUT2D eigenvalue weighted by Crippen LogP contribution is -2.45. The van der Waals surface area contributed by atoms with Gasteiger partial charge in [0.25, 0.3) is 0 Å². The zero-order valence-corrected chi connectivity index (χ0v) is 49.6. The molecule has 0 aliphatic carbocycles. The number of allylic oxidation sites excluding steroid dienone is 1. The summed E-state index contributed by atoms with van der Waals surface area (Å²) >= 11 is 0. The highest BCUT2D eigenvalue weighted by molar-refractivity contribution is 5.76. The van der Waals surface area contributed by atoms with Gasteiger partial charge in [-0.05, 0) is 32.1 Å². The van der Waals surface area contributed by atoms with Crippen molar-refractivity contribution < 1.29 is 24.5 Å². The first-order valence-electron chi connectivity index (χ1n) is 33.5. The maximum Gasteiger partial charge on any atom is 0.305 e. The first-order valence-corrected chi connectivity index (χ1v) is 33.5. The molecule has 0 aliphatic heterocycles. The Hall–Kier alpha value is -1.40. The number of ether oxygens (including phenoxy) is 1. The second kappa shape index (κ2) is 63.1. The molecule has 0 fully saturated rings. The Morgan fingerprint density at radius 2 is 0.630 bits per heavy atom. The average molecular weight is 1030 g/mol. The molecule has 0 aromatic rings. The Bertz CT molecular complexity index is 1100. The van der Waals surface area contributed by atoms with Gasteiger partial charge < -0.3 is 20.3 Å². The van der Waals surface area contributed by atoms with E-state index in [1.165, 1.54) is 315 Å². The third-order valence-corrected chi connectivity index (χ3v) is 15.8. The fourth-order valence-electron chi connectivity index (χ4n) is 10.7. The van der Waals surface area contributed by atoms with Crippen LogP contribution in [0.1, 0.15) is 380 Å². The van der Waals surface area contributed by atoms with Crippen LogP contribution in [0.2, 0.25) is 0 Å². The van der Waals surface area contributed by atoms with Gasteiger partial charge in [0.2, 0.25) is 5.91 Å². The maximum absolute atomic E-state index is 12.5. The highest BCUT2D eigenvalue weighted by Crippen LogP contribution is 2.19. The van der Waals surface area contributed by atoms with E-state index in [2.05, 4.69) is 19.2 Å². The third-order valence-electron chi connectivity index (χ3n) is 15.8.